The zero-order valence-electron chi connectivity index (χ0n) is 15.0. The Morgan fingerprint density at radius 2 is 1.25 bits per heavy atom. The molecule has 0 atom stereocenters. The van der Waals surface area contributed by atoms with Crippen LogP contribution in [0.4, 0.5) is 0 Å². The first-order valence-electron chi connectivity index (χ1n) is 7.05. The molecule has 2 rings (SSSR count). The molecule has 2 aromatic rings. The van der Waals surface area contributed by atoms with Gasteiger partial charge in [-0.15, -0.1) is 22.7 Å². The number of rotatable bonds is 4. The number of ether oxygens (including phenoxy) is 2. The van der Waals surface area contributed by atoms with Crippen molar-refractivity contribution in [2.24, 2.45) is 5.14 Å². The standard InChI is InChI=1S/C7H7ClO4S2.C7H9NO4S2/c2*1-4-6(14(8,10)11)5(3-13-4)7(9)12-2/h3H,1-2H3;3H,1-2H3,(H2,8,10,11). The van der Waals surface area contributed by atoms with E-state index in [0.717, 1.165) is 22.7 Å². The van der Waals surface area contributed by atoms with E-state index >= 15 is 0 Å². The van der Waals surface area contributed by atoms with Crippen LogP contribution < -0.4 is 5.14 Å². The quantitative estimate of drug-likeness (QED) is 0.508. The van der Waals surface area contributed by atoms with Gasteiger partial charge >= 0.3 is 11.9 Å². The predicted octanol–water partition coefficient (Wildman–Crippen LogP) is 2.26. The van der Waals surface area contributed by atoms with Gasteiger partial charge in [-0.2, -0.15) is 0 Å². The molecule has 2 heterocycles. The molecular weight excluding hydrogens is 474 g/mol. The number of hydrogen-bond acceptors (Lipinski definition) is 10. The van der Waals surface area contributed by atoms with Crippen molar-refractivity contribution in [1.82, 2.24) is 0 Å². The number of esters is 2. The second-order valence-electron chi connectivity index (χ2n) is 5.04. The van der Waals surface area contributed by atoms with Crippen molar-refractivity contribution < 1.29 is 35.9 Å². The van der Waals surface area contributed by atoms with Crippen LogP contribution in [0, 0.1) is 13.8 Å². The molecule has 156 valence electrons. The van der Waals surface area contributed by atoms with Crippen molar-refractivity contribution in [2.45, 2.75) is 23.6 Å². The van der Waals surface area contributed by atoms with Gasteiger partial charge in [0, 0.05) is 31.2 Å². The molecule has 0 aromatic carbocycles. The molecule has 0 unspecified atom stereocenters. The second-order valence-corrected chi connectivity index (χ2v) is 11.2. The van der Waals surface area contributed by atoms with Crippen molar-refractivity contribution in [3.63, 3.8) is 0 Å². The Kier molecular flexibility index (Phi) is 8.17. The van der Waals surface area contributed by atoms with Gasteiger partial charge in [0.2, 0.25) is 10.0 Å². The summed E-state index contributed by atoms with van der Waals surface area (Å²) in [6, 6.07) is 0. The first-order chi connectivity index (χ1) is 12.8. The Hall–Kier alpha value is -1.51. The van der Waals surface area contributed by atoms with Crippen LogP contribution in [0.25, 0.3) is 0 Å². The molecule has 0 fully saturated rings. The number of primary sulfonamides is 1. The van der Waals surface area contributed by atoms with E-state index in [2.05, 4.69) is 9.47 Å². The zero-order chi connectivity index (χ0) is 21.9. The molecular formula is C14H16ClNO8S4. The van der Waals surface area contributed by atoms with E-state index < -0.39 is 31.0 Å². The molecule has 2 aromatic heterocycles. The van der Waals surface area contributed by atoms with E-state index in [-0.39, 0.29) is 20.9 Å². The second kappa shape index (κ2) is 9.33. The number of carbonyl (C=O) groups is 2. The van der Waals surface area contributed by atoms with Gasteiger partial charge in [0.15, 0.2) is 0 Å². The lowest BCUT2D eigenvalue weighted by Crippen LogP contribution is -2.16. The first kappa shape index (κ1) is 24.5. The summed E-state index contributed by atoms with van der Waals surface area (Å²) in [5.74, 6) is -1.40. The van der Waals surface area contributed by atoms with E-state index in [4.69, 9.17) is 15.8 Å². The van der Waals surface area contributed by atoms with Crippen LogP contribution in [0.5, 0.6) is 0 Å². The van der Waals surface area contributed by atoms with E-state index in [1.165, 1.54) is 25.0 Å². The van der Waals surface area contributed by atoms with E-state index in [9.17, 15) is 26.4 Å². The lowest BCUT2D eigenvalue weighted by atomic mass is 10.3. The zero-order valence-corrected chi connectivity index (χ0v) is 19.0. The maximum atomic E-state index is 11.2. The fourth-order valence-corrected chi connectivity index (χ4v) is 6.94. The minimum absolute atomic E-state index is 0.00231. The molecule has 14 heteroatoms. The van der Waals surface area contributed by atoms with Crippen molar-refractivity contribution in [3.05, 3.63) is 31.6 Å². The molecule has 0 saturated heterocycles. The number of halogens is 1. The Bertz CT molecular complexity index is 1010. The lowest BCUT2D eigenvalue weighted by molar-refractivity contribution is 0.0588. The third-order valence-corrected chi connectivity index (χ3v) is 7.83. The molecule has 0 radical (unpaired) electrons. The average Bonchev–Trinajstić information content (AvgIpc) is 3.16. The molecule has 0 bridgehead atoms. The smallest absolute Gasteiger partial charge is 0.340 e. The highest BCUT2D eigenvalue weighted by molar-refractivity contribution is 8.14. The van der Waals surface area contributed by atoms with Crippen LogP contribution >= 0.6 is 33.4 Å². The highest BCUT2D eigenvalue weighted by Crippen LogP contribution is 2.29. The van der Waals surface area contributed by atoms with Gasteiger partial charge in [0.1, 0.15) is 9.79 Å². The monoisotopic (exact) mass is 489 g/mol. The highest BCUT2D eigenvalue weighted by atomic mass is 35.7. The van der Waals surface area contributed by atoms with Gasteiger partial charge in [-0.3, -0.25) is 0 Å². The molecule has 0 saturated carbocycles. The summed E-state index contributed by atoms with van der Waals surface area (Å²) >= 11 is 2.28. The van der Waals surface area contributed by atoms with E-state index in [0.29, 0.717) is 9.75 Å². The van der Waals surface area contributed by atoms with Crippen molar-refractivity contribution in [1.29, 1.82) is 0 Å². The van der Waals surface area contributed by atoms with Crippen molar-refractivity contribution in [2.75, 3.05) is 14.2 Å². The van der Waals surface area contributed by atoms with Gasteiger partial charge in [-0.1, -0.05) is 0 Å². The third kappa shape index (κ3) is 5.75. The summed E-state index contributed by atoms with van der Waals surface area (Å²) in [7, 11) is -0.215. The SMILES string of the molecule is COC(=O)c1csc(C)c1S(=O)(=O)Cl.COC(=O)c1csc(C)c1S(N)(=O)=O. The maximum absolute atomic E-state index is 11.2. The number of thiophene rings is 2. The third-order valence-electron chi connectivity index (χ3n) is 3.17. The average molecular weight is 490 g/mol. The van der Waals surface area contributed by atoms with Gasteiger partial charge in [-0.05, 0) is 13.8 Å². The summed E-state index contributed by atoms with van der Waals surface area (Å²) in [4.78, 5) is 23.0. The Balaban J connectivity index is 0.000000280. The van der Waals surface area contributed by atoms with Gasteiger partial charge in [-0.25, -0.2) is 31.6 Å². The van der Waals surface area contributed by atoms with Crippen LogP contribution in [-0.2, 0) is 28.5 Å². The van der Waals surface area contributed by atoms with E-state index in [1.54, 1.807) is 13.8 Å². The van der Waals surface area contributed by atoms with Crippen molar-refractivity contribution >= 4 is 64.4 Å². The van der Waals surface area contributed by atoms with Crippen LogP contribution in [0.15, 0.2) is 20.6 Å². The molecule has 9 nitrogen and oxygen atoms in total. The minimum Gasteiger partial charge on any atom is -0.465 e. The molecule has 28 heavy (non-hydrogen) atoms. The van der Waals surface area contributed by atoms with Crippen LogP contribution in [0.3, 0.4) is 0 Å². The van der Waals surface area contributed by atoms with Gasteiger partial charge in [0.25, 0.3) is 9.05 Å². The number of nitrogens with two attached hydrogens (primary N) is 1. The molecule has 0 aliphatic rings. The lowest BCUT2D eigenvalue weighted by Gasteiger charge is -2.00. The summed E-state index contributed by atoms with van der Waals surface area (Å²) in [6.07, 6.45) is 0. The predicted molar refractivity (Wildman–Crippen MR) is 105 cm³/mol. The summed E-state index contributed by atoms with van der Waals surface area (Å²) in [5.41, 5.74) is -0.0116. The topological polar surface area (TPSA) is 147 Å². The van der Waals surface area contributed by atoms with Crippen LogP contribution in [0.1, 0.15) is 30.5 Å². The van der Waals surface area contributed by atoms with Gasteiger partial charge in [0.05, 0.1) is 25.3 Å². The molecule has 0 aliphatic heterocycles. The highest BCUT2D eigenvalue weighted by Gasteiger charge is 2.25. The number of hydrogen-bond donors (Lipinski definition) is 1. The number of carbonyl (C=O) groups excluding carboxylic acids is 2. The molecule has 0 spiro atoms. The summed E-state index contributed by atoms with van der Waals surface area (Å²) in [5, 5.41) is 7.80. The normalized spacial score (nSPS) is 11.4. The molecule has 2 N–H and O–H groups in total. The number of methoxy groups -OCH3 is 2. The Morgan fingerprint density at radius 1 is 0.893 bits per heavy atom. The fourth-order valence-electron chi connectivity index (χ4n) is 2.05. The first-order valence-corrected chi connectivity index (χ1v) is 12.7. The maximum Gasteiger partial charge on any atom is 0.340 e. The number of aryl methyl sites for hydroxylation is 2. The molecule has 0 amide bonds. The van der Waals surface area contributed by atoms with E-state index in [1.807, 2.05) is 0 Å². The molecule has 0 aliphatic carbocycles. The number of sulfonamides is 1. The Labute approximate surface area is 174 Å². The van der Waals surface area contributed by atoms with Crippen LogP contribution in [0.2, 0.25) is 0 Å². The summed E-state index contributed by atoms with van der Waals surface area (Å²) < 4.78 is 53.4. The van der Waals surface area contributed by atoms with Gasteiger partial charge < -0.3 is 9.47 Å². The fraction of sp³-hybridized carbons (Fsp3) is 0.286. The Morgan fingerprint density at radius 3 is 1.57 bits per heavy atom. The minimum atomic E-state index is -3.89. The van der Waals surface area contributed by atoms with Crippen molar-refractivity contribution in [3.8, 4) is 0 Å². The largest absolute Gasteiger partial charge is 0.465 e. The van der Waals surface area contributed by atoms with Crippen LogP contribution in [-0.4, -0.2) is 43.0 Å². The summed E-state index contributed by atoms with van der Waals surface area (Å²) in [6.45, 7) is 3.16.